The molecule has 0 spiro atoms. The zero-order chi connectivity index (χ0) is 17.6. The molecule has 0 amide bonds. The Morgan fingerprint density at radius 2 is 1.60 bits per heavy atom. The number of aryl methyl sites for hydroxylation is 1. The van der Waals surface area contributed by atoms with Crippen LogP contribution in [0.1, 0.15) is 41.9 Å². The molecule has 0 aliphatic heterocycles. The van der Waals surface area contributed by atoms with E-state index in [0.29, 0.717) is 6.42 Å². The van der Waals surface area contributed by atoms with Gasteiger partial charge in [0.15, 0.2) is 5.78 Å². The summed E-state index contributed by atoms with van der Waals surface area (Å²) in [7, 11) is 0. The summed E-state index contributed by atoms with van der Waals surface area (Å²) in [5.41, 5.74) is 6.63. The van der Waals surface area contributed by atoms with Crippen LogP contribution in [0.25, 0.3) is 16.9 Å². The van der Waals surface area contributed by atoms with Crippen LogP contribution in [-0.2, 0) is 6.42 Å². The first kappa shape index (κ1) is 15.9. The van der Waals surface area contributed by atoms with E-state index < -0.39 is 0 Å². The van der Waals surface area contributed by atoms with Crippen molar-refractivity contribution in [3.8, 4) is 16.9 Å². The van der Waals surface area contributed by atoms with E-state index in [-0.39, 0.29) is 11.2 Å². The van der Waals surface area contributed by atoms with Gasteiger partial charge in [0, 0.05) is 23.4 Å². The SMILES string of the molecule is Cc1ccc(-n2c(-c3ccccc3)cc3c2CC(C)(C)CC3=O)cc1. The van der Waals surface area contributed by atoms with E-state index in [2.05, 4.69) is 67.8 Å². The van der Waals surface area contributed by atoms with Gasteiger partial charge in [0.2, 0.25) is 0 Å². The molecule has 0 N–H and O–H groups in total. The van der Waals surface area contributed by atoms with Crippen LogP contribution < -0.4 is 0 Å². The second kappa shape index (κ2) is 5.73. The summed E-state index contributed by atoms with van der Waals surface area (Å²) < 4.78 is 2.28. The number of fused-ring (bicyclic) bond motifs is 1. The van der Waals surface area contributed by atoms with Gasteiger partial charge in [-0.05, 0) is 42.5 Å². The molecule has 0 unspecified atom stereocenters. The Hall–Kier alpha value is -2.61. The van der Waals surface area contributed by atoms with E-state index in [1.54, 1.807) is 0 Å². The summed E-state index contributed by atoms with van der Waals surface area (Å²) in [6.07, 6.45) is 1.53. The zero-order valence-corrected chi connectivity index (χ0v) is 15.0. The molecule has 2 aromatic carbocycles. The first-order valence-electron chi connectivity index (χ1n) is 8.85. The molecule has 0 atom stereocenters. The quantitative estimate of drug-likeness (QED) is 0.599. The van der Waals surface area contributed by atoms with Gasteiger partial charge in [0.05, 0.1) is 5.69 Å². The molecule has 0 saturated carbocycles. The minimum absolute atomic E-state index is 0.00115. The second-order valence-electron chi connectivity index (χ2n) is 7.87. The van der Waals surface area contributed by atoms with E-state index >= 15 is 0 Å². The molecule has 1 heterocycles. The van der Waals surface area contributed by atoms with Gasteiger partial charge >= 0.3 is 0 Å². The normalized spacial score (nSPS) is 15.9. The average molecular weight is 329 g/mol. The van der Waals surface area contributed by atoms with Crippen LogP contribution >= 0.6 is 0 Å². The van der Waals surface area contributed by atoms with Gasteiger partial charge in [-0.15, -0.1) is 0 Å². The Morgan fingerprint density at radius 3 is 2.28 bits per heavy atom. The Bertz CT molecular complexity index is 930. The van der Waals surface area contributed by atoms with E-state index in [1.807, 2.05) is 18.2 Å². The molecule has 4 rings (SSSR count). The third-order valence-electron chi connectivity index (χ3n) is 5.05. The molecule has 1 aromatic heterocycles. The van der Waals surface area contributed by atoms with Crippen LogP contribution in [0.2, 0.25) is 0 Å². The maximum Gasteiger partial charge on any atom is 0.165 e. The standard InChI is InChI=1S/C23H23NO/c1-16-9-11-18(12-10-16)24-20(17-7-5-4-6-8-17)13-19-21(24)14-23(2,3)15-22(19)25/h4-13H,14-15H2,1-3H3. The summed E-state index contributed by atoms with van der Waals surface area (Å²) in [6, 6.07) is 21.0. The highest BCUT2D eigenvalue weighted by molar-refractivity contribution is 6.00. The third-order valence-corrected chi connectivity index (χ3v) is 5.05. The number of hydrogen-bond acceptors (Lipinski definition) is 1. The number of carbonyl (C=O) groups excluding carboxylic acids is 1. The van der Waals surface area contributed by atoms with Crippen LogP contribution in [0.4, 0.5) is 0 Å². The van der Waals surface area contributed by atoms with Crippen molar-refractivity contribution >= 4 is 5.78 Å². The molecule has 126 valence electrons. The minimum Gasteiger partial charge on any atom is -0.313 e. The largest absolute Gasteiger partial charge is 0.313 e. The first-order chi connectivity index (χ1) is 11.9. The van der Waals surface area contributed by atoms with Crippen molar-refractivity contribution < 1.29 is 4.79 Å². The maximum atomic E-state index is 12.8. The van der Waals surface area contributed by atoms with E-state index in [9.17, 15) is 4.79 Å². The summed E-state index contributed by atoms with van der Waals surface area (Å²) >= 11 is 0. The predicted octanol–water partition coefficient (Wildman–Crippen LogP) is 5.61. The second-order valence-corrected chi connectivity index (χ2v) is 7.87. The molecular formula is C23H23NO. The maximum absolute atomic E-state index is 12.8. The number of rotatable bonds is 2. The monoisotopic (exact) mass is 329 g/mol. The number of aromatic nitrogens is 1. The zero-order valence-electron chi connectivity index (χ0n) is 15.0. The molecule has 2 heteroatoms. The lowest BCUT2D eigenvalue weighted by Crippen LogP contribution is -2.27. The highest BCUT2D eigenvalue weighted by atomic mass is 16.1. The molecule has 0 fully saturated rings. The Balaban J connectivity index is 1.99. The summed E-state index contributed by atoms with van der Waals surface area (Å²) in [5.74, 6) is 0.259. The van der Waals surface area contributed by atoms with Crippen molar-refractivity contribution in [3.05, 3.63) is 77.5 Å². The Morgan fingerprint density at radius 1 is 0.920 bits per heavy atom. The van der Waals surface area contributed by atoms with Crippen molar-refractivity contribution in [2.24, 2.45) is 5.41 Å². The fraction of sp³-hybridized carbons (Fsp3) is 0.261. The molecule has 0 saturated heterocycles. The van der Waals surface area contributed by atoms with Gasteiger partial charge in [0.1, 0.15) is 0 Å². The number of ketones is 1. The summed E-state index contributed by atoms with van der Waals surface area (Å²) in [5, 5.41) is 0. The minimum atomic E-state index is -0.00115. The highest BCUT2D eigenvalue weighted by Crippen LogP contribution is 2.40. The van der Waals surface area contributed by atoms with Gasteiger partial charge in [-0.25, -0.2) is 0 Å². The average Bonchev–Trinajstić information content (AvgIpc) is 2.95. The molecule has 2 nitrogen and oxygen atoms in total. The van der Waals surface area contributed by atoms with E-state index in [4.69, 9.17) is 0 Å². The number of benzene rings is 2. The number of hydrogen-bond donors (Lipinski definition) is 0. The van der Waals surface area contributed by atoms with Gasteiger partial charge in [-0.2, -0.15) is 0 Å². The van der Waals surface area contributed by atoms with Crippen molar-refractivity contribution in [2.75, 3.05) is 0 Å². The highest BCUT2D eigenvalue weighted by Gasteiger charge is 2.34. The van der Waals surface area contributed by atoms with Gasteiger partial charge in [0.25, 0.3) is 0 Å². The first-order valence-corrected chi connectivity index (χ1v) is 8.85. The molecule has 25 heavy (non-hydrogen) atoms. The van der Waals surface area contributed by atoms with Crippen LogP contribution in [0.15, 0.2) is 60.7 Å². The molecular weight excluding hydrogens is 306 g/mol. The van der Waals surface area contributed by atoms with Crippen molar-refractivity contribution in [3.63, 3.8) is 0 Å². The number of Topliss-reactive ketones (excluding diaryl/α,β-unsaturated/α-hetero) is 1. The number of carbonyl (C=O) groups is 1. The van der Waals surface area contributed by atoms with Crippen LogP contribution in [0.5, 0.6) is 0 Å². The Labute approximate surface area is 149 Å². The van der Waals surface area contributed by atoms with Crippen LogP contribution in [0.3, 0.4) is 0 Å². The molecule has 0 bridgehead atoms. The van der Waals surface area contributed by atoms with Crippen molar-refractivity contribution in [2.45, 2.75) is 33.6 Å². The molecule has 1 aliphatic rings. The Kier molecular flexibility index (Phi) is 3.64. The fourth-order valence-electron chi connectivity index (χ4n) is 3.82. The summed E-state index contributed by atoms with van der Waals surface area (Å²) in [4.78, 5) is 12.8. The van der Waals surface area contributed by atoms with Crippen molar-refractivity contribution in [1.82, 2.24) is 4.57 Å². The number of nitrogens with zero attached hydrogens (tertiary/aromatic N) is 1. The van der Waals surface area contributed by atoms with Crippen LogP contribution in [0, 0.1) is 12.3 Å². The van der Waals surface area contributed by atoms with Gasteiger partial charge < -0.3 is 4.57 Å². The molecule has 1 aliphatic carbocycles. The van der Waals surface area contributed by atoms with Gasteiger partial charge in [-0.1, -0.05) is 61.9 Å². The van der Waals surface area contributed by atoms with Gasteiger partial charge in [-0.3, -0.25) is 4.79 Å². The topological polar surface area (TPSA) is 22.0 Å². The lowest BCUT2D eigenvalue weighted by molar-refractivity contribution is 0.0911. The fourth-order valence-corrected chi connectivity index (χ4v) is 3.82. The van der Waals surface area contributed by atoms with E-state index in [1.165, 1.54) is 5.56 Å². The van der Waals surface area contributed by atoms with Crippen LogP contribution in [-0.4, -0.2) is 10.4 Å². The smallest absolute Gasteiger partial charge is 0.165 e. The lowest BCUT2D eigenvalue weighted by Gasteiger charge is -2.30. The lowest BCUT2D eigenvalue weighted by atomic mass is 9.76. The van der Waals surface area contributed by atoms with Crippen molar-refractivity contribution in [1.29, 1.82) is 0 Å². The molecule has 3 aromatic rings. The predicted molar refractivity (Wildman–Crippen MR) is 102 cm³/mol. The molecule has 0 radical (unpaired) electrons. The third kappa shape index (κ3) is 2.82. The summed E-state index contributed by atoms with van der Waals surface area (Å²) in [6.45, 7) is 6.46. The van der Waals surface area contributed by atoms with E-state index in [0.717, 1.165) is 34.6 Å².